The first-order chi connectivity index (χ1) is 6.66. The van der Waals surface area contributed by atoms with E-state index in [1.807, 2.05) is 25.1 Å². The summed E-state index contributed by atoms with van der Waals surface area (Å²) in [6.45, 7) is 1.97. The third-order valence-corrected chi connectivity index (χ3v) is 2.37. The van der Waals surface area contributed by atoms with E-state index in [1.54, 1.807) is 0 Å². The van der Waals surface area contributed by atoms with E-state index in [2.05, 4.69) is 26.1 Å². The van der Waals surface area contributed by atoms with E-state index >= 15 is 0 Å². The Morgan fingerprint density at radius 1 is 1.43 bits per heavy atom. The minimum absolute atomic E-state index is 0.152. The van der Waals surface area contributed by atoms with Gasteiger partial charge in [-0.25, -0.2) is 0 Å². The van der Waals surface area contributed by atoms with Crippen molar-refractivity contribution < 1.29 is 4.52 Å². The number of nitrogens with zero attached hydrogens (tertiary/aromatic N) is 2. The maximum absolute atomic E-state index is 5.38. The SMILES string of the molecule is Cc1ccc(Br)cc1-c1nc(N)no1. The van der Waals surface area contributed by atoms with Crippen LogP contribution in [0.4, 0.5) is 5.95 Å². The first kappa shape index (κ1) is 9.21. The summed E-state index contributed by atoms with van der Waals surface area (Å²) in [5, 5.41) is 3.54. The van der Waals surface area contributed by atoms with Crippen molar-refractivity contribution in [3.63, 3.8) is 0 Å². The molecule has 2 N–H and O–H groups in total. The summed E-state index contributed by atoms with van der Waals surface area (Å²) in [5.74, 6) is 0.598. The molecule has 0 radical (unpaired) electrons. The highest BCUT2D eigenvalue weighted by Gasteiger charge is 2.09. The first-order valence-corrected chi connectivity index (χ1v) is 4.82. The Kier molecular flexibility index (Phi) is 2.25. The van der Waals surface area contributed by atoms with Crippen LogP contribution in [-0.4, -0.2) is 10.1 Å². The number of nitrogen functional groups attached to an aromatic ring is 1. The number of rotatable bonds is 1. The van der Waals surface area contributed by atoms with E-state index in [4.69, 9.17) is 10.3 Å². The number of halogens is 1. The minimum Gasteiger partial charge on any atom is -0.365 e. The van der Waals surface area contributed by atoms with Crippen LogP contribution in [0.5, 0.6) is 0 Å². The third-order valence-electron chi connectivity index (χ3n) is 1.87. The summed E-state index contributed by atoms with van der Waals surface area (Å²) >= 11 is 3.38. The molecule has 1 heterocycles. The van der Waals surface area contributed by atoms with Crippen LogP contribution in [-0.2, 0) is 0 Å². The van der Waals surface area contributed by atoms with Crippen LogP contribution in [0, 0.1) is 6.92 Å². The van der Waals surface area contributed by atoms with E-state index in [9.17, 15) is 0 Å². The predicted molar refractivity (Wildman–Crippen MR) is 56.6 cm³/mol. The summed E-state index contributed by atoms with van der Waals surface area (Å²) in [5.41, 5.74) is 7.34. The van der Waals surface area contributed by atoms with Gasteiger partial charge in [0.25, 0.3) is 11.8 Å². The molecule has 2 aromatic rings. The summed E-state index contributed by atoms with van der Waals surface area (Å²) in [7, 11) is 0. The Bertz CT molecular complexity index is 467. The van der Waals surface area contributed by atoms with Crippen molar-refractivity contribution in [2.24, 2.45) is 0 Å². The minimum atomic E-state index is 0.152. The van der Waals surface area contributed by atoms with Crippen LogP contribution < -0.4 is 5.73 Å². The van der Waals surface area contributed by atoms with E-state index < -0.39 is 0 Å². The molecule has 0 aliphatic rings. The van der Waals surface area contributed by atoms with Crippen LogP contribution in [0.1, 0.15) is 5.56 Å². The molecule has 0 amide bonds. The van der Waals surface area contributed by atoms with Crippen LogP contribution in [0.2, 0.25) is 0 Å². The highest BCUT2D eigenvalue weighted by molar-refractivity contribution is 9.10. The van der Waals surface area contributed by atoms with Gasteiger partial charge in [0.05, 0.1) is 0 Å². The molecule has 5 heteroatoms. The first-order valence-electron chi connectivity index (χ1n) is 4.02. The van der Waals surface area contributed by atoms with E-state index in [0.717, 1.165) is 15.6 Å². The van der Waals surface area contributed by atoms with Crippen molar-refractivity contribution in [1.82, 2.24) is 10.1 Å². The van der Waals surface area contributed by atoms with E-state index in [0.29, 0.717) is 5.89 Å². The molecular formula is C9H8BrN3O. The van der Waals surface area contributed by atoms with Crippen molar-refractivity contribution in [1.29, 1.82) is 0 Å². The maximum atomic E-state index is 5.38. The zero-order valence-corrected chi connectivity index (χ0v) is 9.08. The van der Waals surface area contributed by atoms with Gasteiger partial charge in [0.1, 0.15) is 0 Å². The molecule has 72 valence electrons. The number of benzene rings is 1. The lowest BCUT2D eigenvalue weighted by molar-refractivity contribution is 0.433. The second kappa shape index (κ2) is 3.42. The summed E-state index contributed by atoms with van der Waals surface area (Å²) in [6, 6.07) is 5.85. The standard InChI is InChI=1S/C9H8BrN3O/c1-5-2-3-6(10)4-7(5)8-12-9(11)13-14-8/h2-4H,1H3,(H2,11,13). The van der Waals surface area contributed by atoms with Gasteiger partial charge in [-0.1, -0.05) is 22.0 Å². The zero-order valence-electron chi connectivity index (χ0n) is 7.49. The molecule has 0 spiro atoms. The monoisotopic (exact) mass is 253 g/mol. The van der Waals surface area contributed by atoms with Gasteiger partial charge < -0.3 is 10.3 Å². The Morgan fingerprint density at radius 3 is 2.86 bits per heavy atom. The Hall–Kier alpha value is -1.36. The number of hydrogen-bond donors (Lipinski definition) is 1. The fourth-order valence-electron chi connectivity index (χ4n) is 1.17. The summed E-state index contributed by atoms with van der Waals surface area (Å²) in [4.78, 5) is 3.96. The van der Waals surface area contributed by atoms with Gasteiger partial charge in [-0.05, 0) is 29.8 Å². The number of nitrogens with two attached hydrogens (primary N) is 1. The normalized spacial score (nSPS) is 10.4. The fraction of sp³-hybridized carbons (Fsp3) is 0.111. The highest BCUT2D eigenvalue weighted by atomic mass is 79.9. The Morgan fingerprint density at radius 2 is 2.21 bits per heavy atom. The molecule has 0 aliphatic heterocycles. The molecule has 2 rings (SSSR count). The second-order valence-corrected chi connectivity index (χ2v) is 3.83. The zero-order chi connectivity index (χ0) is 10.1. The van der Waals surface area contributed by atoms with Crippen molar-refractivity contribution in [3.8, 4) is 11.5 Å². The molecule has 0 saturated carbocycles. The quantitative estimate of drug-likeness (QED) is 0.848. The fourth-order valence-corrected chi connectivity index (χ4v) is 1.53. The highest BCUT2D eigenvalue weighted by Crippen LogP contribution is 2.25. The molecule has 14 heavy (non-hydrogen) atoms. The van der Waals surface area contributed by atoms with Crippen molar-refractivity contribution in [2.45, 2.75) is 6.92 Å². The maximum Gasteiger partial charge on any atom is 0.261 e. The van der Waals surface area contributed by atoms with Gasteiger partial charge in [0.2, 0.25) is 0 Å². The molecule has 0 unspecified atom stereocenters. The summed E-state index contributed by atoms with van der Waals surface area (Å²) in [6.07, 6.45) is 0. The van der Waals surface area contributed by atoms with Crippen molar-refractivity contribution in [3.05, 3.63) is 28.2 Å². The van der Waals surface area contributed by atoms with Gasteiger partial charge in [0, 0.05) is 10.0 Å². The molecule has 0 atom stereocenters. The Labute approximate surface area is 89.2 Å². The van der Waals surface area contributed by atoms with E-state index in [-0.39, 0.29) is 5.95 Å². The molecule has 1 aromatic heterocycles. The van der Waals surface area contributed by atoms with Gasteiger partial charge >= 0.3 is 0 Å². The van der Waals surface area contributed by atoms with Crippen LogP contribution in [0.15, 0.2) is 27.2 Å². The average molecular weight is 254 g/mol. The molecule has 0 bridgehead atoms. The number of aromatic nitrogens is 2. The predicted octanol–water partition coefficient (Wildman–Crippen LogP) is 2.39. The Balaban J connectivity index is 2.55. The van der Waals surface area contributed by atoms with Crippen LogP contribution in [0.3, 0.4) is 0 Å². The molecule has 1 aromatic carbocycles. The number of hydrogen-bond acceptors (Lipinski definition) is 4. The average Bonchev–Trinajstić information content (AvgIpc) is 2.56. The molecular weight excluding hydrogens is 246 g/mol. The number of anilines is 1. The van der Waals surface area contributed by atoms with Crippen molar-refractivity contribution in [2.75, 3.05) is 5.73 Å². The topological polar surface area (TPSA) is 64.9 Å². The molecule has 0 fully saturated rings. The molecule has 4 nitrogen and oxygen atoms in total. The van der Waals surface area contributed by atoms with Crippen LogP contribution >= 0.6 is 15.9 Å². The molecule has 0 saturated heterocycles. The van der Waals surface area contributed by atoms with Crippen LogP contribution in [0.25, 0.3) is 11.5 Å². The van der Waals surface area contributed by atoms with Crippen molar-refractivity contribution >= 4 is 21.9 Å². The lowest BCUT2D eigenvalue weighted by Gasteiger charge is -2.00. The second-order valence-electron chi connectivity index (χ2n) is 2.92. The van der Waals surface area contributed by atoms with E-state index in [1.165, 1.54) is 0 Å². The largest absolute Gasteiger partial charge is 0.365 e. The summed E-state index contributed by atoms with van der Waals surface area (Å²) < 4.78 is 5.95. The van der Waals surface area contributed by atoms with Gasteiger partial charge in [-0.15, -0.1) is 0 Å². The lowest BCUT2D eigenvalue weighted by atomic mass is 10.1. The lowest BCUT2D eigenvalue weighted by Crippen LogP contribution is -1.87. The van der Waals surface area contributed by atoms with Gasteiger partial charge in [-0.3, -0.25) is 0 Å². The third kappa shape index (κ3) is 1.63. The van der Waals surface area contributed by atoms with Gasteiger partial charge in [-0.2, -0.15) is 4.98 Å². The smallest absolute Gasteiger partial charge is 0.261 e. The van der Waals surface area contributed by atoms with Gasteiger partial charge in [0.15, 0.2) is 0 Å². The number of aryl methyl sites for hydroxylation is 1. The molecule has 0 aliphatic carbocycles.